The molecule has 1 atom stereocenters. The zero-order chi connectivity index (χ0) is 23.4. The SMILES string of the molecule is COc1c(C(=O)N[C@H](CO)c2ccccc2)ccc2[nH]nc(/C=C/c3ccc(C(C)=O)s3)c12. The van der Waals surface area contributed by atoms with Gasteiger partial charge in [0.1, 0.15) is 5.75 Å². The lowest BCUT2D eigenvalue weighted by atomic mass is 10.0. The lowest BCUT2D eigenvalue weighted by Gasteiger charge is -2.18. The maximum atomic E-state index is 13.1. The van der Waals surface area contributed by atoms with Gasteiger partial charge in [-0.25, -0.2) is 0 Å². The molecule has 0 aliphatic heterocycles. The van der Waals surface area contributed by atoms with Gasteiger partial charge in [0.15, 0.2) is 5.78 Å². The van der Waals surface area contributed by atoms with Crippen LogP contribution < -0.4 is 10.1 Å². The van der Waals surface area contributed by atoms with Crippen LogP contribution in [0.15, 0.2) is 54.6 Å². The van der Waals surface area contributed by atoms with Crippen molar-refractivity contribution < 1.29 is 19.4 Å². The normalized spacial score (nSPS) is 12.2. The summed E-state index contributed by atoms with van der Waals surface area (Å²) in [5.74, 6) is 0.0507. The number of methoxy groups -OCH3 is 1. The minimum Gasteiger partial charge on any atom is -0.495 e. The average Bonchev–Trinajstić information content (AvgIpc) is 3.48. The molecule has 2 aromatic carbocycles. The topological polar surface area (TPSA) is 104 Å². The minimum atomic E-state index is -0.544. The summed E-state index contributed by atoms with van der Waals surface area (Å²) in [6.07, 6.45) is 3.69. The van der Waals surface area contributed by atoms with Crippen LogP contribution in [0, 0.1) is 0 Å². The van der Waals surface area contributed by atoms with E-state index < -0.39 is 6.04 Å². The van der Waals surface area contributed by atoms with E-state index in [4.69, 9.17) is 4.74 Å². The number of Topliss-reactive ketones (excluding diaryl/α,β-unsaturated/α-hetero) is 1. The Kier molecular flexibility index (Phi) is 6.67. The standard InChI is InChI=1S/C25H23N3O4S/c1-15(30)22-13-9-17(33-22)8-11-19-23-20(28-27-19)12-10-18(24(23)32-2)25(31)26-21(14-29)16-6-4-3-5-7-16/h3-13,21,29H,14H2,1-2H3,(H,26,31)(H,27,28)/b11-8+/t21-/m1/s1. The first kappa shape index (κ1) is 22.4. The molecule has 0 aliphatic carbocycles. The third-order valence-electron chi connectivity index (χ3n) is 5.23. The van der Waals surface area contributed by atoms with Gasteiger partial charge in [-0.3, -0.25) is 14.7 Å². The van der Waals surface area contributed by atoms with E-state index in [1.807, 2.05) is 48.6 Å². The second-order valence-electron chi connectivity index (χ2n) is 7.39. The Bertz CT molecular complexity index is 1320. The highest BCUT2D eigenvalue weighted by Gasteiger charge is 2.21. The van der Waals surface area contributed by atoms with E-state index in [-0.39, 0.29) is 18.3 Å². The van der Waals surface area contributed by atoms with Crippen molar-refractivity contribution in [1.82, 2.24) is 15.5 Å². The van der Waals surface area contributed by atoms with Gasteiger partial charge in [0.05, 0.1) is 46.8 Å². The highest BCUT2D eigenvalue weighted by Crippen LogP contribution is 2.33. The van der Waals surface area contributed by atoms with Crippen molar-refractivity contribution in [3.05, 3.63) is 81.2 Å². The van der Waals surface area contributed by atoms with Gasteiger partial charge >= 0.3 is 0 Å². The van der Waals surface area contributed by atoms with Crippen molar-refractivity contribution in [2.45, 2.75) is 13.0 Å². The smallest absolute Gasteiger partial charge is 0.255 e. The van der Waals surface area contributed by atoms with Gasteiger partial charge < -0.3 is 15.2 Å². The molecule has 4 aromatic rings. The predicted octanol–water partition coefficient (Wildman–Crippen LogP) is 4.47. The molecule has 1 amide bonds. The van der Waals surface area contributed by atoms with Gasteiger partial charge in [0.2, 0.25) is 0 Å². The van der Waals surface area contributed by atoms with Gasteiger partial charge in [-0.05, 0) is 48.9 Å². The summed E-state index contributed by atoms with van der Waals surface area (Å²) in [6.45, 7) is 1.31. The summed E-state index contributed by atoms with van der Waals surface area (Å²) in [6, 6.07) is 15.8. The number of benzene rings is 2. The molecule has 0 aliphatic rings. The molecule has 33 heavy (non-hydrogen) atoms. The number of aliphatic hydroxyl groups is 1. The summed E-state index contributed by atoms with van der Waals surface area (Å²) in [5, 5.41) is 20.7. The molecule has 2 aromatic heterocycles. The van der Waals surface area contributed by atoms with Crippen molar-refractivity contribution in [3.8, 4) is 5.75 Å². The minimum absolute atomic E-state index is 0.0267. The van der Waals surface area contributed by atoms with Crippen molar-refractivity contribution in [2.24, 2.45) is 0 Å². The quantitative estimate of drug-likeness (QED) is 0.336. The molecule has 0 bridgehead atoms. The predicted molar refractivity (Wildman–Crippen MR) is 130 cm³/mol. The summed E-state index contributed by atoms with van der Waals surface area (Å²) in [4.78, 5) is 26.3. The number of rotatable bonds is 8. The molecule has 0 spiro atoms. The Balaban J connectivity index is 1.66. The molecule has 0 radical (unpaired) electrons. The average molecular weight is 462 g/mol. The highest BCUT2D eigenvalue weighted by molar-refractivity contribution is 7.14. The zero-order valence-electron chi connectivity index (χ0n) is 18.2. The van der Waals surface area contributed by atoms with Gasteiger partial charge in [0.25, 0.3) is 5.91 Å². The number of aromatic amines is 1. The number of fused-ring (bicyclic) bond motifs is 1. The van der Waals surface area contributed by atoms with E-state index in [0.717, 1.165) is 16.0 Å². The van der Waals surface area contributed by atoms with Crippen LogP contribution in [0.1, 0.15) is 49.1 Å². The number of amides is 1. The highest BCUT2D eigenvalue weighted by atomic mass is 32.1. The van der Waals surface area contributed by atoms with Gasteiger partial charge in [-0.1, -0.05) is 30.3 Å². The number of thiophene rings is 1. The Labute approximate surface area is 194 Å². The third kappa shape index (κ3) is 4.72. The molecule has 4 rings (SSSR count). The van der Waals surface area contributed by atoms with Gasteiger partial charge in [0, 0.05) is 4.88 Å². The molecule has 2 heterocycles. The maximum Gasteiger partial charge on any atom is 0.255 e. The van der Waals surface area contributed by atoms with Crippen molar-refractivity contribution in [1.29, 1.82) is 0 Å². The molecular weight excluding hydrogens is 438 g/mol. The number of H-pyrrole nitrogens is 1. The largest absolute Gasteiger partial charge is 0.495 e. The molecule has 0 fully saturated rings. The number of hydrogen-bond acceptors (Lipinski definition) is 6. The number of nitrogens with one attached hydrogen (secondary N) is 2. The van der Waals surface area contributed by atoms with Crippen LogP contribution in [0.5, 0.6) is 5.75 Å². The van der Waals surface area contributed by atoms with Crippen LogP contribution in [0.3, 0.4) is 0 Å². The maximum absolute atomic E-state index is 13.1. The fraction of sp³-hybridized carbons (Fsp3) is 0.160. The second-order valence-corrected chi connectivity index (χ2v) is 8.50. The van der Waals surface area contributed by atoms with Crippen molar-refractivity contribution in [2.75, 3.05) is 13.7 Å². The number of ether oxygens (including phenoxy) is 1. The Morgan fingerprint density at radius 1 is 1.15 bits per heavy atom. The number of hydrogen-bond donors (Lipinski definition) is 3. The molecule has 8 heteroatoms. The third-order valence-corrected chi connectivity index (χ3v) is 6.38. The Morgan fingerprint density at radius 2 is 1.94 bits per heavy atom. The number of nitrogens with zero attached hydrogens (tertiary/aromatic N) is 1. The number of carbonyl (C=O) groups is 2. The fourth-order valence-electron chi connectivity index (χ4n) is 3.57. The van der Waals surface area contributed by atoms with Crippen LogP contribution in [0.2, 0.25) is 0 Å². The number of aliphatic hydroxyl groups excluding tert-OH is 1. The first-order valence-electron chi connectivity index (χ1n) is 10.3. The van der Waals surface area contributed by atoms with Crippen molar-refractivity contribution in [3.63, 3.8) is 0 Å². The van der Waals surface area contributed by atoms with Crippen LogP contribution >= 0.6 is 11.3 Å². The Morgan fingerprint density at radius 3 is 2.61 bits per heavy atom. The van der Waals surface area contributed by atoms with E-state index in [1.54, 1.807) is 18.2 Å². The lowest BCUT2D eigenvalue weighted by molar-refractivity contribution is 0.0913. The number of ketones is 1. The molecule has 7 nitrogen and oxygen atoms in total. The number of carbonyl (C=O) groups excluding carboxylic acids is 2. The first-order chi connectivity index (χ1) is 16.0. The summed E-state index contributed by atoms with van der Waals surface area (Å²) in [7, 11) is 1.51. The van der Waals surface area contributed by atoms with E-state index in [9.17, 15) is 14.7 Å². The molecule has 0 saturated carbocycles. The molecule has 3 N–H and O–H groups in total. The van der Waals surface area contributed by atoms with Crippen molar-refractivity contribution >= 4 is 46.1 Å². The van der Waals surface area contributed by atoms with Crippen LogP contribution in [0.25, 0.3) is 23.1 Å². The van der Waals surface area contributed by atoms with Crippen LogP contribution in [0.4, 0.5) is 0 Å². The molecular formula is C25H23N3O4S. The molecule has 0 saturated heterocycles. The van der Waals surface area contributed by atoms with E-state index >= 15 is 0 Å². The van der Waals surface area contributed by atoms with Crippen LogP contribution in [-0.4, -0.2) is 40.7 Å². The first-order valence-corrected chi connectivity index (χ1v) is 11.1. The Hall–Kier alpha value is -3.75. The van der Waals surface area contributed by atoms with E-state index in [2.05, 4.69) is 15.5 Å². The summed E-state index contributed by atoms with van der Waals surface area (Å²) >= 11 is 1.40. The van der Waals surface area contributed by atoms with Gasteiger partial charge in [-0.15, -0.1) is 11.3 Å². The lowest BCUT2D eigenvalue weighted by Crippen LogP contribution is -2.31. The molecule has 0 unspecified atom stereocenters. The van der Waals surface area contributed by atoms with E-state index in [0.29, 0.717) is 27.3 Å². The van der Waals surface area contributed by atoms with Crippen LogP contribution in [-0.2, 0) is 0 Å². The van der Waals surface area contributed by atoms with Gasteiger partial charge in [-0.2, -0.15) is 5.10 Å². The fourth-order valence-corrected chi connectivity index (χ4v) is 4.37. The zero-order valence-corrected chi connectivity index (χ0v) is 19.0. The monoisotopic (exact) mass is 461 g/mol. The molecule has 168 valence electrons. The number of aromatic nitrogens is 2. The second kappa shape index (κ2) is 9.81. The summed E-state index contributed by atoms with van der Waals surface area (Å²) < 4.78 is 5.63. The van der Waals surface area contributed by atoms with E-state index in [1.165, 1.54) is 25.4 Å². The summed E-state index contributed by atoms with van der Waals surface area (Å²) in [5.41, 5.74) is 2.48.